The van der Waals surface area contributed by atoms with Crippen LogP contribution in [0.4, 0.5) is 0 Å². The largest absolute Gasteiger partial charge is 0.298 e. The molecule has 1 unspecified atom stereocenters. The zero-order valence-corrected chi connectivity index (χ0v) is 11.6. The number of carbonyl (C=O) groups excluding carboxylic acids is 1. The predicted molar refractivity (Wildman–Crippen MR) is 74.0 cm³/mol. The van der Waals surface area contributed by atoms with Crippen molar-refractivity contribution in [2.45, 2.75) is 71.1 Å². The molecule has 0 amide bonds. The van der Waals surface area contributed by atoms with Gasteiger partial charge in [0.1, 0.15) is 5.41 Å². The molecule has 0 aromatic heterocycles. The van der Waals surface area contributed by atoms with Crippen molar-refractivity contribution in [3.8, 4) is 6.07 Å². The van der Waals surface area contributed by atoms with Crippen molar-refractivity contribution in [1.82, 2.24) is 0 Å². The van der Waals surface area contributed by atoms with Crippen LogP contribution in [0.3, 0.4) is 0 Å². The van der Waals surface area contributed by atoms with Crippen LogP contribution in [0.25, 0.3) is 0 Å². The molecule has 0 spiro atoms. The summed E-state index contributed by atoms with van der Waals surface area (Å²) in [4.78, 5) is 12.1. The second-order valence-electron chi connectivity index (χ2n) is 5.35. The van der Waals surface area contributed by atoms with Gasteiger partial charge in [0.25, 0.3) is 0 Å². The smallest absolute Gasteiger partial charge is 0.153 e. The van der Waals surface area contributed by atoms with E-state index in [9.17, 15) is 10.1 Å². The molecule has 100 valence electrons. The van der Waals surface area contributed by atoms with Crippen molar-refractivity contribution in [1.29, 1.82) is 5.26 Å². The molecule has 1 aliphatic carbocycles. The molecule has 18 heavy (non-hydrogen) atoms. The van der Waals surface area contributed by atoms with E-state index in [-0.39, 0.29) is 5.78 Å². The van der Waals surface area contributed by atoms with Crippen molar-refractivity contribution in [2.24, 2.45) is 5.41 Å². The quantitative estimate of drug-likeness (QED) is 0.392. The highest BCUT2D eigenvalue weighted by molar-refractivity contribution is 5.87. The van der Waals surface area contributed by atoms with Gasteiger partial charge in [-0.25, -0.2) is 0 Å². The van der Waals surface area contributed by atoms with Crippen LogP contribution >= 0.6 is 0 Å². The minimum Gasteiger partial charge on any atom is -0.298 e. The minimum absolute atomic E-state index is 0.167. The highest BCUT2D eigenvalue weighted by Crippen LogP contribution is 2.35. The summed E-state index contributed by atoms with van der Waals surface area (Å²) < 4.78 is 0. The second-order valence-corrected chi connectivity index (χ2v) is 5.35. The van der Waals surface area contributed by atoms with Gasteiger partial charge in [0.15, 0.2) is 5.78 Å². The molecule has 1 aliphatic rings. The summed E-state index contributed by atoms with van der Waals surface area (Å²) in [6.45, 7) is 2.19. The van der Waals surface area contributed by atoms with Crippen molar-refractivity contribution in [3.05, 3.63) is 12.2 Å². The molecular weight excluding hydrogens is 222 g/mol. The Kier molecular flexibility index (Phi) is 6.72. The number of rotatable bonds is 6. The van der Waals surface area contributed by atoms with Crippen LogP contribution in [-0.4, -0.2) is 5.78 Å². The maximum absolute atomic E-state index is 12.1. The van der Waals surface area contributed by atoms with E-state index in [2.05, 4.69) is 25.1 Å². The number of hydrogen-bond donors (Lipinski definition) is 0. The lowest BCUT2D eigenvalue weighted by atomic mass is 9.78. The first-order valence-electron chi connectivity index (χ1n) is 7.35. The molecule has 1 rings (SSSR count). The molecule has 0 N–H and O–H groups in total. The number of Topliss-reactive ketones (excluding diaryl/α,β-unsaturated/α-hetero) is 1. The first kappa shape index (κ1) is 15.0. The van der Waals surface area contributed by atoms with E-state index in [0.29, 0.717) is 12.8 Å². The number of allylic oxidation sites excluding steroid dienone is 2. The number of unbranched alkanes of at least 4 members (excludes halogenated alkanes) is 3. The van der Waals surface area contributed by atoms with Gasteiger partial charge in [-0.3, -0.25) is 4.79 Å². The summed E-state index contributed by atoms with van der Waals surface area (Å²) in [5.74, 6) is 0.167. The van der Waals surface area contributed by atoms with Crippen LogP contribution in [0.5, 0.6) is 0 Å². The molecule has 0 heterocycles. The Morgan fingerprint density at radius 3 is 2.83 bits per heavy atom. The van der Waals surface area contributed by atoms with E-state index in [1.54, 1.807) is 0 Å². The van der Waals surface area contributed by atoms with E-state index in [1.807, 2.05) is 0 Å². The van der Waals surface area contributed by atoms with Crippen molar-refractivity contribution in [2.75, 3.05) is 0 Å². The van der Waals surface area contributed by atoms with E-state index < -0.39 is 5.41 Å². The number of carbonyl (C=O) groups is 1. The van der Waals surface area contributed by atoms with Crippen molar-refractivity contribution >= 4 is 5.78 Å². The lowest BCUT2D eigenvalue weighted by molar-refractivity contribution is -0.125. The molecule has 1 fully saturated rings. The number of nitriles is 1. The summed E-state index contributed by atoms with van der Waals surface area (Å²) in [6.07, 6.45) is 14.0. The van der Waals surface area contributed by atoms with Gasteiger partial charge in [-0.1, -0.05) is 44.8 Å². The highest BCUT2D eigenvalue weighted by atomic mass is 16.1. The van der Waals surface area contributed by atoms with Crippen LogP contribution in [0.1, 0.15) is 71.1 Å². The minimum atomic E-state index is -0.711. The Morgan fingerprint density at radius 2 is 2.11 bits per heavy atom. The van der Waals surface area contributed by atoms with Crippen LogP contribution in [0, 0.1) is 16.7 Å². The Balaban J connectivity index is 2.49. The Morgan fingerprint density at radius 1 is 1.28 bits per heavy atom. The van der Waals surface area contributed by atoms with Crippen molar-refractivity contribution in [3.63, 3.8) is 0 Å². The van der Waals surface area contributed by atoms with Gasteiger partial charge < -0.3 is 0 Å². The van der Waals surface area contributed by atoms with Crippen LogP contribution in [0.2, 0.25) is 0 Å². The monoisotopic (exact) mass is 247 g/mol. The second kappa shape index (κ2) is 8.08. The van der Waals surface area contributed by atoms with E-state index in [1.165, 1.54) is 19.3 Å². The summed E-state index contributed by atoms with van der Waals surface area (Å²) in [5.41, 5.74) is -0.711. The fraction of sp³-hybridized carbons (Fsp3) is 0.750. The molecule has 1 saturated carbocycles. The summed E-state index contributed by atoms with van der Waals surface area (Å²) in [6, 6.07) is 2.31. The number of hydrogen-bond acceptors (Lipinski definition) is 2. The zero-order chi connectivity index (χ0) is 13.3. The van der Waals surface area contributed by atoms with Gasteiger partial charge in [0.2, 0.25) is 0 Å². The third-order valence-corrected chi connectivity index (χ3v) is 3.86. The number of nitrogens with zero attached hydrogens (tertiary/aromatic N) is 1. The fourth-order valence-electron chi connectivity index (χ4n) is 2.56. The van der Waals surface area contributed by atoms with Gasteiger partial charge in [-0.15, -0.1) is 0 Å². The standard InChI is InChI=1S/C16H25NO/c1-2-3-4-5-6-9-12-16(14-17)13-10-7-8-11-15(16)18/h6,9H,2-5,7-8,10-13H2,1H3/b9-6+. The molecule has 1 atom stereocenters. The third kappa shape index (κ3) is 4.29. The highest BCUT2D eigenvalue weighted by Gasteiger charge is 2.37. The Bertz CT molecular complexity index is 326. The van der Waals surface area contributed by atoms with Gasteiger partial charge in [-0.05, 0) is 32.1 Å². The maximum atomic E-state index is 12.1. The molecule has 2 nitrogen and oxygen atoms in total. The Hall–Kier alpha value is -1.10. The van der Waals surface area contributed by atoms with Crippen LogP contribution in [-0.2, 0) is 4.79 Å². The van der Waals surface area contributed by atoms with Crippen molar-refractivity contribution < 1.29 is 4.79 Å². The number of ketones is 1. The van der Waals surface area contributed by atoms with E-state index in [4.69, 9.17) is 0 Å². The molecule has 0 aliphatic heterocycles. The average molecular weight is 247 g/mol. The SMILES string of the molecule is CCCCC/C=C/CC1(C#N)CCCCCC1=O. The van der Waals surface area contributed by atoms with Gasteiger partial charge >= 0.3 is 0 Å². The van der Waals surface area contributed by atoms with Gasteiger partial charge in [0.05, 0.1) is 6.07 Å². The molecule has 0 bridgehead atoms. The van der Waals surface area contributed by atoms with Crippen LogP contribution in [0.15, 0.2) is 12.2 Å². The van der Waals surface area contributed by atoms with E-state index in [0.717, 1.165) is 32.1 Å². The lowest BCUT2D eigenvalue weighted by Crippen LogP contribution is -2.27. The first-order chi connectivity index (χ1) is 8.75. The molecular formula is C16H25NO. The van der Waals surface area contributed by atoms with E-state index >= 15 is 0 Å². The summed E-state index contributed by atoms with van der Waals surface area (Å²) >= 11 is 0. The normalized spacial score (nSPS) is 25.0. The van der Waals surface area contributed by atoms with Crippen LogP contribution < -0.4 is 0 Å². The first-order valence-corrected chi connectivity index (χ1v) is 7.35. The topological polar surface area (TPSA) is 40.9 Å². The maximum Gasteiger partial charge on any atom is 0.153 e. The average Bonchev–Trinajstić information content (AvgIpc) is 2.57. The predicted octanol–water partition coefficient (Wildman–Crippen LogP) is 4.56. The summed E-state index contributed by atoms with van der Waals surface area (Å²) in [7, 11) is 0. The molecule has 0 saturated heterocycles. The van der Waals surface area contributed by atoms with Gasteiger partial charge in [-0.2, -0.15) is 5.26 Å². The van der Waals surface area contributed by atoms with Gasteiger partial charge in [0, 0.05) is 6.42 Å². The molecule has 0 radical (unpaired) electrons. The molecule has 2 heteroatoms. The fourth-order valence-corrected chi connectivity index (χ4v) is 2.56. The molecule has 0 aromatic carbocycles. The molecule has 0 aromatic rings. The zero-order valence-electron chi connectivity index (χ0n) is 11.6. The Labute approximate surface area is 111 Å². The lowest BCUT2D eigenvalue weighted by Gasteiger charge is -2.21. The third-order valence-electron chi connectivity index (χ3n) is 3.86. The summed E-state index contributed by atoms with van der Waals surface area (Å²) in [5, 5.41) is 9.37.